The van der Waals surface area contributed by atoms with Crippen LogP contribution in [0.25, 0.3) is 0 Å². The molecule has 1 rings (SSSR count). The summed E-state index contributed by atoms with van der Waals surface area (Å²) in [4.78, 5) is 13.2. The molecular formula is C12H14N2O3S. The van der Waals surface area contributed by atoms with Crippen molar-refractivity contribution in [3.63, 3.8) is 0 Å². The summed E-state index contributed by atoms with van der Waals surface area (Å²) in [5.41, 5.74) is 1.03. The second kappa shape index (κ2) is 5.19. The van der Waals surface area contributed by atoms with E-state index in [1.807, 2.05) is 6.07 Å². The van der Waals surface area contributed by atoms with Gasteiger partial charge in [0.25, 0.3) is 0 Å². The van der Waals surface area contributed by atoms with E-state index in [2.05, 4.69) is 0 Å². The van der Waals surface area contributed by atoms with Crippen LogP contribution in [0.15, 0.2) is 24.3 Å². The molecule has 0 aliphatic carbocycles. The van der Waals surface area contributed by atoms with Crippen LogP contribution in [-0.4, -0.2) is 32.9 Å². The Hall–Kier alpha value is -1.87. The summed E-state index contributed by atoms with van der Waals surface area (Å²) in [5, 5.41) is 7.58. The van der Waals surface area contributed by atoms with E-state index in [4.69, 9.17) is 5.26 Å². The first kappa shape index (κ1) is 14.2. The van der Waals surface area contributed by atoms with Gasteiger partial charge in [-0.05, 0) is 31.2 Å². The van der Waals surface area contributed by atoms with E-state index in [9.17, 15) is 13.2 Å². The van der Waals surface area contributed by atoms with Crippen molar-refractivity contribution in [2.45, 2.75) is 12.2 Å². The highest BCUT2D eigenvalue weighted by molar-refractivity contribution is 7.92. The van der Waals surface area contributed by atoms with Crippen molar-refractivity contribution in [3.8, 4) is 6.07 Å². The van der Waals surface area contributed by atoms with Gasteiger partial charge in [0, 0.05) is 19.0 Å². The van der Waals surface area contributed by atoms with Crippen molar-refractivity contribution in [2.24, 2.45) is 0 Å². The Morgan fingerprint density at radius 3 is 2.22 bits per heavy atom. The summed E-state index contributed by atoms with van der Waals surface area (Å²) in [6.07, 6.45) is 1.03. The molecule has 0 fully saturated rings. The van der Waals surface area contributed by atoms with Gasteiger partial charge in [-0.15, -0.1) is 0 Å². The summed E-state index contributed by atoms with van der Waals surface area (Å²) in [5.74, 6) is -0.498. The first-order valence-corrected chi connectivity index (χ1v) is 7.19. The van der Waals surface area contributed by atoms with Gasteiger partial charge in [0.05, 0.1) is 11.6 Å². The summed E-state index contributed by atoms with van der Waals surface area (Å²) in [6, 6.07) is 8.32. The Kier molecular flexibility index (Phi) is 4.09. The van der Waals surface area contributed by atoms with Gasteiger partial charge in [-0.1, -0.05) is 0 Å². The Labute approximate surface area is 107 Å². The molecule has 0 saturated carbocycles. The number of hydrogen-bond acceptors (Lipinski definition) is 4. The zero-order valence-corrected chi connectivity index (χ0v) is 11.2. The standard InChI is InChI=1S/C12H14N2O3S/c1-9(18(3,16)17)12(15)14(2)11-6-4-10(8-13)5-7-11/h4-7,9H,1-3H3. The quantitative estimate of drug-likeness (QED) is 0.816. The van der Waals surface area contributed by atoms with Crippen LogP contribution in [0.3, 0.4) is 0 Å². The highest BCUT2D eigenvalue weighted by Gasteiger charge is 2.27. The maximum Gasteiger partial charge on any atom is 0.244 e. The first-order chi connectivity index (χ1) is 8.27. The fourth-order valence-corrected chi connectivity index (χ4v) is 1.87. The molecule has 0 spiro atoms. The van der Waals surface area contributed by atoms with Crippen LogP contribution in [0.1, 0.15) is 12.5 Å². The fourth-order valence-electron chi connectivity index (χ4n) is 1.34. The molecule has 6 heteroatoms. The number of amides is 1. The van der Waals surface area contributed by atoms with E-state index in [1.165, 1.54) is 18.9 Å². The van der Waals surface area contributed by atoms with E-state index < -0.39 is 21.0 Å². The molecule has 0 radical (unpaired) electrons. The monoisotopic (exact) mass is 266 g/mol. The van der Waals surface area contributed by atoms with E-state index in [1.54, 1.807) is 24.3 Å². The number of nitrogens with zero attached hydrogens (tertiary/aromatic N) is 2. The van der Waals surface area contributed by atoms with Crippen LogP contribution >= 0.6 is 0 Å². The Balaban J connectivity index is 2.97. The number of rotatable bonds is 3. The summed E-state index contributed by atoms with van der Waals surface area (Å²) in [6.45, 7) is 1.36. The maximum atomic E-state index is 11.9. The molecule has 0 bridgehead atoms. The van der Waals surface area contributed by atoms with Gasteiger partial charge >= 0.3 is 0 Å². The molecule has 1 aromatic carbocycles. The third kappa shape index (κ3) is 3.08. The Bertz CT molecular complexity index is 585. The number of sulfone groups is 1. The highest BCUT2D eigenvalue weighted by atomic mass is 32.2. The van der Waals surface area contributed by atoms with Crippen molar-refractivity contribution < 1.29 is 13.2 Å². The maximum absolute atomic E-state index is 11.9. The average molecular weight is 266 g/mol. The molecule has 0 N–H and O–H groups in total. The molecule has 0 saturated heterocycles. The van der Waals surface area contributed by atoms with Gasteiger partial charge in [-0.25, -0.2) is 8.42 Å². The molecule has 0 aliphatic rings. The predicted octanol–water partition coefficient (Wildman–Crippen LogP) is 0.954. The third-order valence-electron chi connectivity index (χ3n) is 2.70. The minimum Gasteiger partial charge on any atom is -0.314 e. The average Bonchev–Trinajstić information content (AvgIpc) is 2.35. The second-order valence-corrected chi connectivity index (χ2v) is 6.39. The van der Waals surface area contributed by atoms with Gasteiger partial charge in [0.2, 0.25) is 5.91 Å². The second-order valence-electron chi connectivity index (χ2n) is 4.03. The molecule has 1 atom stereocenters. The molecule has 0 aromatic heterocycles. The molecule has 0 heterocycles. The topological polar surface area (TPSA) is 78.2 Å². The van der Waals surface area contributed by atoms with Crippen LogP contribution in [0.4, 0.5) is 5.69 Å². The lowest BCUT2D eigenvalue weighted by Crippen LogP contribution is -2.38. The normalized spacial score (nSPS) is 12.6. The van der Waals surface area contributed by atoms with Crippen molar-refractivity contribution >= 4 is 21.4 Å². The van der Waals surface area contributed by atoms with Gasteiger partial charge in [-0.2, -0.15) is 5.26 Å². The van der Waals surface area contributed by atoms with Crippen LogP contribution in [0.2, 0.25) is 0 Å². The van der Waals surface area contributed by atoms with E-state index in [0.29, 0.717) is 11.3 Å². The fraction of sp³-hybridized carbons (Fsp3) is 0.333. The molecule has 1 unspecified atom stereocenters. The predicted molar refractivity (Wildman–Crippen MR) is 68.9 cm³/mol. The minimum atomic E-state index is -3.41. The third-order valence-corrected chi connectivity index (χ3v) is 4.19. The number of carbonyl (C=O) groups is 1. The number of nitriles is 1. The number of anilines is 1. The van der Waals surface area contributed by atoms with Crippen LogP contribution in [0, 0.1) is 11.3 Å². The van der Waals surface area contributed by atoms with Crippen molar-refractivity contribution in [2.75, 3.05) is 18.2 Å². The lowest BCUT2D eigenvalue weighted by Gasteiger charge is -2.20. The van der Waals surface area contributed by atoms with Crippen LogP contribution in [-0.2, 0) is 14.6 Å². The van der Waals surface area contributed by atoms with Crippen molar-refractivity contribution in [1.29, 1.82) is 5.26 Å². The SMILES string of the molecule is CC(C(=O)N(C)c1ccc(C#N)cc1)S(C)(=O)=O. The Morgan fingerprint density at radius 1 is 1.33 bits per heavy atom. The largest absolute Gasteiger partial charge is 0.314 e. The lowest BCUT2D eigenvalue weighted by atomic mass is 10.2. The zero-order valence-electron chi connectivity index (χ0n) is 10.4. The van der Waals surface area contributed by atoms with E-state index in [0.717, 1.165) is 6.26 Å². The van der Waals surface area contributed by atoms with Crippen molar-refractivity contribution in [1.82, 2.24) is 0 Å². The van der Waals surface area contributed by atoms with Gasteiger partial charge in [0.15, 0.2) is 9.84 Å². The smallest absolute Gasteiger partial charge is 0.244 e. The van der Waals surface area contributed by atoms with E-state index in [-0.39, 0.29) is 0 Å². The summed E-state index contributed by atoms with van der Waals surface area (Å²) in [7, 11) is -1.91. The van der Waals surface area contributed by atoms with Gasteiger partial charge in [-0.3, -0.25) is 4.79 Å². The lowest BCUT2D eigenvalue weighted by molar-refractivity contribution is -0.117. The molecule has 96 valence electrons. The number of hydrogen-bond donors (Lipinski definition) is 0. The molecule has 0 aliphatic heterocycles. The number of carbonyl (C=O) groups excluding carboxylic acids is 1. The Morgan fingerprint density at radius 2 is 1.83 bits per heavy atom. The van der Waals surface area contributed by atoms with Crippen LogP contribution < -0.4 is 4.90 Å². The van der Waals surface area contributed by atoms with Gasteiger partial charge in [0.1, 0.15) is 5.25 Å². The summed E-state index contributed by atoms with van der Waals surface area (Å²) < 4.78 is 22.6. The highest BCUT2D eigenvalue weighted by Crippen LogP contribution is 2.16. The summed E-state index contributed by atoms with van der Waals surface area (Å²) >= 11 is 0. The molecule has 1 aromatic rings. The van der Waals surface area contributed by atoms with Crippen molar-refractivity contribution in [3.05, 3.63) is 29.8 Å². The van der Waals surface area contributed by atoms with E-state index >= 15 is 0 Å². The molecule has 1 amide bonds. The minimum absolute atomic E-state index is 0.482. The number of benzene rings is 1. The zero-order chi connectivity index (χ0) is 13.9. The van der Waals surface area contributed by atoms with Gasteiger partial charge < -0.3 is 4.90 Å². The molecular weight excluding hydrogens is 252 g/mol. The molecule has 18 heavy (non-hydrogen) atoms. The molecule has 5 nitrogen and oxygen atoms in total. The van der Waals surface area contributed by atoms with Crippen LogP contribution in [0.5, 0.6) is 0 Å². The first-order valence-electron chi connectivity index (χ1n) is 5.24.